The lowest BCUT2D eigenvalue weighted by Crippen LogP contribution is -2.44. The number of benzene rings is 1. The molecule has 0 atom stereocenters. The summed E-state index contributed by atoms with van der Waals surface area (Å²) in [6.07, 6.45) is -3.08. The van der Waals surface area contributed by atoms with Crippen LogP contribution in [0.4, 0.5) is 30.5 Å². The van der Waals surface area contributed by atoms with E-state index < -0.39 is 11.7 Å². The molecule has 1 N–H and O–H groups in total. The fourth-order valence-electron chi connectivity index (χ4n) is 4.53. The maximum atomic E-state index is 14.0. The molecule has 1 aromatic carbocycles. The number of rotatable bonds is 5. The fourth-order valence-corrected chi connectivity index (χ4v) is 6.96. The summed E-state index contributed by atoms with van der Waals surface area (Å²) in [6, 6.07) is 7.72. The van der Waals surface area contributed by atoms with E-state index in [1.165, 1.54) is 11.8 Å². The molecule has 1 amide bonds. The van der Waals surface area contributed by atoms with Crippen molar-refractivity contribution in [1.29, 1.82) is 0 Å². The Balaban J connectivity index is 1.48. The van der Waals surface area contributed by atoms with Gasteiger partial charge in [0.05, 0.1) is 10.6 Å². The van der Waals surface area contributed by atoms with Crippen LogP contribution in [-0.2, 0) is 12.6 Å². The fraction of sp³-hybridized carbons (Fsp3) is 0.423. The Morgan fingerprint density at radius 3 is 2.55 bits per heavy atom. The smallest absolute Gasteiger partial charge is 0.369 e. The van der Waals surface area contributed by atoms with Gasteiger partial charge in [-0.25, -0.2) is 9.97 Å². The molecule has 0 radical (unpaired) electrons. The number of piperazine rings is 1. The van der Waals surface area contributed by atoms with Gasteiger partial charge in [-0.2, -0.15) is 13.2 Å². The lowest BCUT2D eigenvalue weighted by atomic mass is 10.1. The molecule has 2 aliphatic heterocycles. The number of halogens is 3. The highest BCUT2D eigenvalue weighted by molar-refractivity contribution is 7.99. The van der Waals surface area contributed by atoms with E-state index in [9.17, 15) is 18.0 Å². The van der Waals surface area contributed by atoms with Crippen LogP contribution in [0.2, 0.25) is 0 Å². The summed E-state index contributed by atoms with van der Waals surface area (Å²) in [6.45, 7) is 6.51. The molecule has 38 heavy (non-hydrogen) atoms. The van der Waals surface area contributed by atoms with E-state index in [4.69, 9.17) is 0 Å². The average Bonchev–Trinajstić information content (AvgIpc) is 3.27. The average molecular weight is 563 g/mol. The molecule has 0 spiro atoms. The van der Waals surface area contributed by atoms with Crippen LogP contribution in [0.1, 0.15) is 27.7 Å². The highest BCUT2D eigenvalue weighted by Gasteiger charge is 2.37. The number of fused-ring (bicyclic) bond motifs is 1. The van der Waals surface area contributed by atoms with E-state index in [-0.39, 0.29) is 17.5 Å². The van der Waals surface area contributed by atoms with Crippen LogP contribution in [-0.4, -0.2) is 78.2 Å². The first-order valence-electron chi connectivity index (χ1n) is 12.4. The number of hydrogen-bond donors (Lipinski definition) is 1. The quantitative estimate of drug-likeness (QED) is 0.443. The van der Waals surface area contributed by atoms with E-state index in [1.807, 2.05) is 19.1 Å². The van der Waals surface area contributed by atoms with E-state index in [1.54, 1.807) is 18.0 Å². The van der Waals surface area contributed by atoms with Crippen LogP contribution in [0.5, 0.6) is 0 Å². The Labute approximate surface area is 228 Å². The van der Waals surface area contributed by atoms with Gasteiger partial charge in [-0.1, -0.05) is 6.92 Å². The zero-order chi connectivity index (χ0) is 27.0. The summed E-state index contributed by atoms with van der Waals surface area (Å²) in [5.74, 6) is 0.572. The number of carbonyl (C=O) groups is 1. The third-order valence-corrected chi connectivity index (χ3v) is 9.11. The number of hydrogen-bond acceptors (Lipinski definition) is 8. The Kier molecular flexibility index (Phi) is 7.56. The van der Waals surface area contributed by atoms with Gasteiger partial charge in [0.15, 0.2) is 0 Å². The van der Waals surface area contributed by atoms with E-state index >= 15 is 0 Å². The number of thioether (sulfide) groups is 1. The maximum Gasteiger partial charge on any atom is 0.420 e. The zero-order valence-electron chi connectivity index (χ0n) is 21.4. The lowest BCUT2D eigenvalue weighted by molar-refractivity contribution is -0.137. The van der Waals surface area contributed by atoms with E-state index in [0.29, 0.717) is 26.9 Å². The highest BCUT2D eigenvalue weighted by Crippen LogP contribution is 2.43. The molecular weight excluding hydrogens is 533 g/mol. The molecule has 4 heterocycles. The van der Waals surface area contributed by atoms with Crippen molar-refractivity contribution >= 4 is 46.3 Å². The largest absolute Gasteiger partial charge is 0.420 e. The predicted octanol–water partition coefficient (Wildman–Crippen LogP) is 5.46. The van der Waals surface area contributed by atoms with Gasteiger partial charge in [-0.3, -0.25) is 4.79 Å². The van der Waals surface area contributed by atoms with Gasteiger partial charge in [0.25, 0.3) is 5.91 Å². The number of thiophene rings is 1. The van der Waals surface area contributed by atoms with Crippen molar-refractivity contribution in [1.82, 2.24) is 19.8 Å². The summed E-state index contributed by atoms with van der Waals surface area (Å²) in [5, 5.41) is 3.14. The molecule has 2 aromatic heterocycles. The molecule has 5 rings (SSSR count). The molecular formula is C26H29F3N6OS2. The van der Waals surface area contributed by atoms with Crippen LogP contribution >= 0.6 is 23.1 Å². The molecule has 0 bridgehead atoms. The van der Waals surface area contributed by atoms with Crippen LogP contribution in [0, 0.1) is 0 Å². The second-order valence-electron chi connectivity index (χ2n) is 9.44. The zero-order valence-corrected chi connectivity index (χ0v) is 23.1. The first-order valence-corrected chi connectivity index (χ1v) is 14.2. The maximum absolute atomic E-state index is 14.0. The molecule has 0 unspecified atom stereocenters. The topological polar surface area (TPSA) is 64.6 Å². The van der Waals surface area contributed by atoms with Crippen LogP contribution < -0.4 is 10.2 Å². The molecule has 7 nitrogen and oxygen atoms in total. The molecule has 0 aliphatic carbocycles. The summed E-state index contributed by atoms with van der Waals surface area (Å²) < 4.78 is 41.9. The number of nitrogens with one attached hydrogen (secondary N) is 1. The van der Waals surface area contributed by atoms with Crippen molar-refractivity contribution in [2.75, 3.05) is 62.8 Å². The van der Waals surface area contributed by atoms with Crippen LogP contribution in [0.25, 0.3) is 10.6 Å². The van der Waals surface area contributed by atoms with Crippen molar-refractivity contribution in [3.8, 4) is 10.6 Å². The third-order valence-electron chi connectivity index (χ3n) is 6.84. The first kappa shape index (κ1) is 26.8. The molecule has 12 heteroatoms. The molecule has 3 aromatic rings. The minimum Gasteiger partial charge on any atom is -0.369 e. The number of carbonyl (C=O) groups excluding carboxylic acids is 1. The van der Waals surface area contributed by atoms with Crippen LogP contribution in [0.3, 0.4) is 0 Å². The number of likely N-dealkylation sites (N-methyl/N-ethyl adjacent to an activating group) is 1. The number of aromatic nitrogens is 2. The van der Waals surface area contributed by atoms with Crippen molar-refractivity contribution in [2.24, 2.45) is 0 Å². The minimum absolute atomic E-state index is 0.0785. The minimum atomic E-state index is -4.64. The lowest BCUT2D eigenvalue weighted by Gasteiger charge is -2.34. The van der Waals surface area contributed by atoms with Crippen molar-refractivity contribution < 1.29 is 18.0 Å². The summed E-state index contributed by atoms with van der Waals surface area (Å²) in [4.78, 5) is 28.7. The van der Waals surface area contributed by atoms with E-state index in [2.05, 4.69) is 38.2 Å². The van der Waals surface area contributed by atoms with Gasteiger partial charge < -0.3 is 20.0 Å². The summed E-state index contributed by atoms with van der Waals surface area (Å²) in [7, 11) is 3.81. The van der Waals surface area contributed by atoms with E-state index in [0.717, 1.165) is 67.1 Å². The number of amides is 1. The van der Waals surface area contributed by atoms with Gasteiger partial charge >= 0.3 is 6.18 Å². The van der Waals surface area contributed by atoms with Gasteiger partial charge in [0.2, 0.25) is 5.95 Å². The Morgan fingerprint density at radius 1 is 1.08 bits per heavy atom. The van der Waals surface area contributed by atoms with Gasteiger partial charge in [0.1, 0.15) is 10.4 Å². The van der Waals surface area contributed by atoms with Gasteiger partial charge in [0, 0.05) is 68.0 Å². The molecule has 202 valence electrons. The normalized spacial score (nSPS) is 16.9. The van der Waals surface area contributed by atoms with Crippen LogP contribution in [0.15, 0.2) is 35.4 Å². The Hall–Kier alpha value is -2.83. The number of aryl methyl sites for hydroxylation is 1. The SMILES string of the molecule is CCc1cc(N2CCN(C)CC2)ccc1Nc1ncc(C(F)(F)F)c(-c2cc3c(s2)C(=O)N(C)CCS3)n1. The monoisotopic (exact) mass is 562 g/mol. The van der Waals surface area contributed by atoms with Crippen molar-refractivity contribution in [2.45, 2.75) is 24.4 Å². The summed E-state index contributed by atoms with van der Waals surface area (Å²) in [5.41, 5.74) is 1.76. The molecule has 0 saturated carbocycles. The standard InChI is InChI=1S/C26H29F3N6OS2/c1-4-16-13-17(35-9-7-33(2)8-10-35)5-6-19(16)31-25-30-15-18(26(27,28)29)22(32-25)20-14-21-23(38-20)24(36)34(3)11-12-37-21/h5-6,13-15H,4,7-12H2,1-3H3,(H,30,31,32). The Morgan fingerprint density at radius 2 is 1.84 bits per heavy atom. The van der Waals surface area contributed by atoms with Gasteiger partial charge in [-0.15, -0.1) is 23.1 Å². The second kappa shape index (κ2) is 10.7. The van der Waals surface area contributed by atoms with Crippen molar-refractivity contribution in [3.63, 3.8) is 0 Å². The highest BCUT2D eigenvalue weighted by atomic mass is 32.2. The summed E-state index contributed by atoms with van der Waals surface area (Å²) >= 11 is 2.52. The predicted molar refractivity (Wildman–Crippen MR) is 147 cm³/mol. The number of anilines is 3. The van der Waals surface area contributed by atoms with Crippen molar-refractivity contribution in [3.05, 3.63) is 46.5 Å². The van der Waals surface area contributed by atoms with Gasteiger partial charge in [-0.05, 0) is 43.3 Å². The second-order valence-corrected chi connectivity index (χ2v) is 11.6. The Bertz CT molecular complexity index is 1340. The molecule has 1 fully saturated rings. The molecule has 2 aliphatic rings. The number of alkyl halides is 3. The molecule has 1 saturated heterocycles. The number of nitrogens with zero attached hydrogens (tertiary/aromatic N) is 5. The first-order chi connectivity index (χ1) is 18.1. The third kappa shape index (κ3) is 5.48.